The highest BCUT2D eigenvalue weighted by molar-refractivity contribution is 8.09. The molecule has 0 spiro atoms. The van der Waals surface area contributed by atoms with E-state index in [4.69, 9.17) is 53.5 Å². The van der Waals surface area contributed by atoms with Crippen molar-refractivity contribution in [2.75, 3.05) is 6.61 Å². The van der Waals surface area contributed by atoms with E-state index in [1.54, 1.807) is 51.1 Å². The molecule has 2 heterocycles. The number of nitrogens with one attached hydrogen (secondary N) is 2. The van der Waals surface area contributed by atoms with Crippen LogP contribution in [0.15, 0.2) is 52.2 Å². The van der Waals surface area contributed by atoms with E-state index in [0.29, 0.717) is 5.75 Å². The maximum atomic E-state index is 12.4. The van der Waals surface area contributed by atoms with Crippen LogP contribution in [0.25, 0.3) is 0 Å². The van der Waals surface area contributed by atoms with Gasteiger partial charge in [-0.2, -0.15) is 0 Å². The van der Waals surface area contributed by atoms with E-state index in [-0.39, 0.29) is 19.3 Å². The van der Waals surface area contributed by atoms with E-state index < -0.39 is 52.5 Å². The number of esters is 1. The number of hydrogen-bond acceptors (Lipinski definition) is 9. The van der Waals surface area contributed by atoms with Gasteiger partial charge in [-0.15, -0.1) is 0 Å². The van der Waals surface area contributed by atoms with E-state index in [0.717, 1.165) is 10.6 Å². The molecule has 0 aliphatic carbocycles. The minimum Gasteiger partial charge on any atom is -0.462 e. The third-order valence-electron chi connectivity index (χ3n) is 5.21. The highest BCUT2D eigenvalue weighted by Gasteiger charge is 2.54. The van der Waals surface area contributed by atoms with Crippen molar-refractivity contribution in [3.63, 3.8) is 0 Å². The van der Waals surface area contributed by atoms with Crippen molar-refractivity contribution in [2.24, 2.45) is 0 Å². The predicted octanol–water partition coefficient (Wildman–Crippen LogP) is 2.09. The van der Waals surface area contributed by atoms with Crippen molar-refractivity contribution < 1.29 is 28.4 Å². The molecule has 5 atom stereocenters. The molecule has 1 aromatic heterocycles. The molecule has 0 radical (unpaired) electrons. The number of ether oxygens (including phenoxy) is 2. The lowest BCUT2D eigenvalue weighted by Gasteiger charge is -2.28. The smallest absolute Gasteiger partial charge is 0.328 e. The number of nitrogens with zero attached hydrogens (tertiary/aromatic N) is 1. The fraction of sp³-hybridized carbons (Fsp3) is 0.500. The summed E-state index contributed by atoms with van der Waals surface area (Å²) < 4.78 is 22.2. The molecule has 1 saturated heterocycles. The van der Waals surface area contributed by atoms with Crippen LogP contribution in [0.2, 0.25) is 0 Å². The van der Waals surface area contributed by atoms with Gasteiger partial charge in [0.1, 0.15) is 30.1 Å². The molecule has 1 unspecified atom stereocenters. The van der Waals surface area contributed by atoms with Crippen LogP contribution >= 0.6 is 29.8 Å². The van der Waals surface area contributed by atoms with Crippen LogP contribution in [-0.4, -0.2) is 62.0 Å². The Morgan fingerprint density at radius 3 is 2.57 bits per heavy atom. The maximum absolute atomic E-state index is 12.4. The summed E-state index contributed by atoms with van der Waals surface area (Å²) in [5, 5.41) is 13.7. The summed E-state index contributed by atoms with van der Waals surface area (Å²) in [4.78, 5) is 37.9. The lowest BCUT2D eigenvalue weighted by Crippen LogP contribution is -2.42. The van der Waals surface area contributed by atoms with Crippen LogP contribution in [0.5, 0.6) is 5.75 Å². The number of aromatic amines is 1. The molecule has 3 rings (SSSR count). The molecule has 1 aliphatic rings. The van der Waals surface area contributed by atoms with Gasteiger partial charge in [-0.1, -0.05) is 41.4 Å². The van der Waals surface area contributed by atoms with E-state index in [1.165, 1.54) is 6.20 Å². The normalized spacial score (nSPS) is 23.4. The molecule has 37 heavy (non-hydrogen) atoms. The molecule has 1 fully saturated rings. The Bertz CT molecular complexity index is 1240. The molecule has 3 N–H and O–H groups in total. The Kier molecular flexibility index (Phi) is 9.98. The van der Waals surface area contributed by atoms with E-state index in [2.05, 4.69) is 10.1 Å². The Morgan fingerprint density at radius 1 is 1.27 bits per heavy atom. The zero-order chi connectivity index (χ0) is 27.4. The maximum Gasteiger partial charge on any atom is 0.328 e. The second-order valence-electron chi connectivity index (χ2n) is 8.58. The molecule has 1 aliphatic heterocycles. The van der Waals surface area contributed by atoms with Gasteiger partial charge in [0.05, 0.1) is 19.3 Å². The highest BCUT2D eigenvalue weighted by atomic mass is 35.5. The number of H-pyrrole nitrogens is 1. The summed E-state index contributed by atoms with van der Waals surface area (Å²) >= 11 is 18.4. The molecule has 0 saturated carbocycles. The van der Waals surface area contributed by atoms with E-state index in [1.807, 2.05) is 0 Å². The van der Waals surface area contributed by atoms with Crippen molar-refractivity contribution in [1.29, 1.82) is 0 Å². The van der Waals surface area contributed by atoms with Crippen LogP contribution < -0.4 is 20.9 Å². The number of carbonyl (C=O) groups excluding carboxylic acids is 1. The summed E-state index contributed by atoms with van der Waals surface area (Å²) in [5.74, 6) is -0.149. The van der Waals surface area contributed by atoms with Crippen LogP contribution in [0.1, 0.15) is 20.8 Å². The van der Waals surface area contributed by atoms with Crippen molar-refractivity contribution in [2.45, 2.75) is 62.1 Å². The van der Waals surface area contributed by atoms with Gasteiger partial charge >= 0.3 is 18.3 Å². The van der Waals surface area contributed by atoms with Gasteiger partial charge in [0.25, 0.3) is 5.56 Å². The van der Waals surface area contributed by atoms with E-state index in [9.17, 15) is 19.5 Å². The summed E-state index contributed by atoms with van der Waals surface area (Å²) in [7, 11) is 0. The van der Waals surface area contributed by atoms with Gasteiger partial charge < -0.3 is 23.6 Å². The second-order valence-corrected chi connectivity index (χ2v) is 13.2. The van der Waals surface area contributed by atoms with Crippen LogP contribution in [0.4, 0.5) is 0 Å². The number of halogens is 2. The third-order valence-corrected chi connectivity index (χ3v) is 8.64. The molecule has 0 bridgehead atoms. The SMILES string of the molecule is CC(C)OC(=O)[C@H](C)N[P@@](=S)(OC[C@H]1OC(Cn2ccc(=O)[nH]c2=O)C(Cl)(Cl)[C@@H]1O)Oc1ccccc1. The number of para-hydroxylation sites is 1. The molecular formula is C22H28Cl2N3O8PS. The number of aliphatic hydroxyl groups is 1. The summed E-state index contributed by atoms with van der Waals surface area (Å²) in [6.45, 7) is 1.14. The van der Waals surface area contributed by atoms with Crippen LogP contribution in [-0.2, 0) is 37.1 Å². The van der Waals surface area contributed by atoms with E-state index >= 15 is 0 Å². The first-order valence-electron chi connectivity index (χ1n) is 11.3. The van der Waals surface area contributed by atoms with Gasteiger partial charge in [-0.05, 0) is 44.7 Å². The standard InChI is InChI=1S/C22H28Cl2N3O8PS/c1-13(2)33-20(30)14(3)26-36(37,35-15-7-5-4-6-8-15)32-12-16-19(29)22(23,24)17(34-16)11-27-10-9-18(28)25-21(27)31/h4-10,13-14,16-17,19,29H,11-12H2,1-3H3,(H,26,37)(H,25,28,31)/t14-,16+,17?,19+,36+/m0/s1. The predicted molar refractivity (Wildman–Crippen MR) is 142 cm³/mol. The monoisotopic (exact) mass is 595 g/mol. The lowest BCUT2D eigenvalue weighted by molar-refractivity contribution is -0.149. The number of benzene rings is 1. The Labute approximate surface area is 228 Å². The van der Waals surface area contributed by atoms with Gasteiger partial charge in [0.15, 0.2) is 4.33 Å². The van der Waals surface area contributed by atoms with Crippen molar-refractivity contribution in [1.82, 2.24) is 14.6 Å². The Morgan fingerprint density at radius 2 is 1.95 bits per heavy atom. The molecule has 11 nitrogen and oxygen atoms in total. The Balaban J connectivity index is 1.75. The Hall–Kier alpha value is -1.76. The number of hydrogen-bond donors (Lipinski definition) is 3. The largest absolute Gasteiger partial charge is 0.462 e. The van der Waals surface area contributed by atoms with Gasteiger partial charge in [-0.3, -0.25) is 19.1 Å². The van der Waals surface area contributed by atoms with Crippen molar-refractivity contribution in [3.8, 4) is 5.75 Å². The number of aromatic nitrogens is 2. The molecule has 204 valence electrons. The molecule has 1 aromatic carbocycles. The molecule has 0 amide bonds. The second kappa shape index (κ2) is 12.4. The third kappa shape index (κ3) is 7.87. The van der Waals surface area contributed by atoms with Gasteiger partial charge in [0.2, 0.25) is 0 Å². The zero-order valence-electron chi connectivity index (χ0n) is 20.2. The van der Waals surface area contributed by atoms with Crippen LogP contribution in [0, 0.1) is 0 Å². The highest BCUT2D eigenvalue weighted by Crippen LogP contribution is 2.47. The molecule has 15 heteroatoms. The number of alkyl halides is 2. The average Bonchev–Trinajstić information content (AvgIpc) is 3.02. The fourth-order valence-electron chi connectivity index (χ4n) is 3.38. The lowest BCUT2D eigenvalue weighted by atomic mass is 10.1. The van der Waals surface area contributed by atoms with Gasteiger partial charge in [0, 0.05) is 12.3 Å². The first-order valence-corrected chi connectivity index (χ1v) is 14.7. The van der Waals surface area contributed by atoms with Crippen molar-refractivity contribution in [3.05, 3.63) is 63.4 Å². The van der Waals surface area contributed by atoms with Crippen LogP contribution in [0.3, 0.4) is 0 Å². The topological polar surface area (TPSA) is 141 Å². The average molecular weight is 596 g/mol. The number of rotatable bonds is 11. The summed E-state index contributed by atoms with van der Waals surface area (Å²) in [6.07, 6.45) is -2.59. The number of carbonyl (C=O) groups is 1. The quantitative estimate of drug-likeness (QED) is 0.201. The minimum atomic E-state index is -3.40. The van der Waals surface area contributed by atoms with Gasteiger partial charge in [-0.25, -0.2) is 9.88 Å². The summed E-state index contributed by atoms with van der Waals surface area (Å²) in [6, 6.07) is 8.92. The molecule has 2 aromatic rings. The zero-order valence-corrected chi connectivity index (χ0v) is 23.4. The number of aliphatic hydroxyl groups excluding tert-OH is 1. The minimum absolute atomic E-state index is 0.152. The first kappa shape index (κ1) is 29.8. The summed E-state index contributed by atoms with van der Waals surface area (Å²) in [5.41, 5.74) is -1.25. The first-order chi connectivity index (χ1) is 17.3. The molecular weight excluding hydrogens is 568 g/mol. The fourth-order valence-corrected chi connectivity index (χ4v) is 6.32. The van der Waals surface area contributed by atoms with Crippen molar-refractivity contribution >= 4 is 47.6 Å².